The molecule has 6 heteroatoms. The number of hydrogen-bond donors (Lipinski definition) is 3. The van der Waals surface area contributed by atoms with E-state index in [0.29, 0.717) is 25.4 Å². The molecule has 0 aliphatic rings. The van der Waals surface area contributed by atoms with Crippen molar-refractivity contribution in [3.8, 4) is 0 Å². The summed E-state index contributed by atoms with van der Waals surface area (Å²) in [6, 6.07) is 0. The molecule has 0 aromatic carbocycles. The molecule has 0 fully saturated rings. The lowest BCUT2D eigenvalue weighted by atomic mass is 9.86. The third-order valence-electron chi connectivity index (χ3n) is 3.10. The molecular formula is C13H25N3O2S. The molecule has 2 amide bonds. The van der Waals surface area contributed by atoms with Crippen LogP contribution in [0.3, 0.4) is 0 Å². The summed E-state index contributed by atoms with van der Waals surface area (Å²) in [6.45, 7) is 8.55. The van der Waals surface area contributed by atoms with Gasteiger partial charge >= 0.3 is 0 Å². The fraction of sp³-hybridized carbons (Fsp3) is 0.769. The van der Waals surface area contributed by atoms with Crippen LogP contribution in [-0.2, 0) is 9.59 Å². The molecule has 4 N–H and O–H groups in total. The van der Waals surface area contributed by atoms with Gasteiger partial charge in [0.15, 0.2) is 0 Å². The van der Waals surface area contributed by atoms with E-state index in [1.54, 1.807) is 6.92 Å². The zero-order valence-electron chi connectivity index (χ0n) is 12.2. The van der Waals surface area contributed by atoms with E-state index in [9.17, 15) is 9.59 Å². The highest BCUT2D eigenvalue weighted by atomic mass is 32.1. The highest BCUT2D eigenvalue weighted by Crippen LogP contribution is 2.21. The maximum absolute atomic E-state index is 12.0. The van der Waals surface area contributed by atoms with Gasteiger partial charge < -0.3 is 16.4 Å². The monoisotopic (exact) mass is 287 g/mol. The molecule has 0 heterocycles. The van der Waals surface area contributed by atoms with Crippen molar-refractivity contribution in [3.63, 3.8) is 0 Å². The third kappa shape index (κ3) is 6.00. The van der Waals surface area contributed by atoms with Crippen molar-refractivity contribution >= 4 is 29.0 Å². The number of hydrogen-bond acceptors (Lipinski definition) is 3. The van der Waals surface area contributed by atoms with E-state index in [-0.39, 0.29) is 23.2 Å². The first-order chi connectivity index (χ1) is 8.74. The van der Waals surface area contributed by atoms with Crippen LogP contribution in [0.25, 0.3) is 0 Å². The summed E-state index contributed by atoms with van der Waals surface area (Å²) in [5.41, 5.74) is 4.74. The number of nitrogens with two attached hydrogens (primary N) is 1. The Morgan fingerprint density at radius 1 is 1.32 bits per heavy atom. The molecule has 0 saturated carbocycles. The van der Waals surface area contributed by atoms with Gasteiger partial charge in [0.2, 0.25) is 11.8 Å². The van der Waals surface area contributed by atoms with Crippen LogP contribution in [0.2, 0.25) is 0 Å². The van der Waals surface area contributed by atoms with Crippen LogP contribution in [0.15, 0.2) is 0 Å². The van der Waals surface area contributed by atoms with Gasteiger partial charge in [-0.1, -0.05) is 33.0 Å². The topological polar surface area (TPSA) is 84.2 Å². The Morgan fingerprint density at radius 2 is 1.89 bits per heavy atom. The lowest BCUT2D eigenvalue weighted by Gasteiger charge is -2.25. The van der Waals surface area contributed by atoms with Gasteiger partial charge in [-0.25, -0.2) is 0 Å². The van der Waals surface area contributed by atoms with Crippen molar-refractivity contribution in [3.05, 3.63) is 0 Å². The van der Waals surface area contributed by atoms with Gasteiger partial charge in [0.1, 0.15) is 0 Å². The molecule has 0 aliphatic carbocycles. The first kappa shape index (κ1) is 17.8. The molecule has 1 unspecified atom stereocenters. The number of carbonyl (C=O) groups excluding carboxylic acids is 2. The normalized spacial score (nSPS) is 13.7. The molecule has 0 bridgehead atoms. The SMILES string of the molecule is CCC(C)(C(=O)NCCC(=O)NCC(C)C)C(N)=S. The van der Waals surface area contributed by atoms with Crippen molar-refractivity contribution in [1.82, 2.24) is 10.6 Å². The van der Waals surface area contributed by atoms with Crippen LogP contribution < -0.4 is 16.4 Å². The minimum atomic E-state index is -0.844. The van der Waals surface area contributed by atoms with Crippen molar-refractivity contribution in [2.24, 2.45) is 17.1 Å². The Kier molecular flexibility index (Phi) is 7.59. The molecule has 19 heavy (non-hydrogen) atoms. The average molecular weight is 287 g/mol. The first-order valence-electron chi connectivity index (χ1n) is 6.59. The molecule has 1 atom stereocenters. The molecule has 0 saturated heterocycles. The summed E-state index contributed by atoms with van der Waals surface area (Å²) in [5, 5.41) is 5.50. The molecule has 0 aromatic rings. The Morgan fingerprint density at radius 3 is 2.32 bits per heavy atom. The number of amides is 2. The summed E-state index contributed by atoms with van der Waals surface area (Å²) in [7, 11) is 0. The van der Waals surface area contributed by atoms with E-state index in [4.69, 9.17) is 18.0 Å². The molecule has 0 aromatic heterocycles. The molecule has 0 rings (SSSR count). The highest BCUT2D eigenvalue weighted by Gasteiger charge is 2.34. The van der Waals surface area contributed by atoms with Crippen molar-refractivity contribution in [1.29, 1.82) is 0 Å². The largest absolute Gasteiger partial charge is 0.392 e. The summed E-state index contributed by atoms with van der Waals surface area (Å²) >= 11 is 4.92. The second-order valence-electron chi connectivity index (χ2n) is 5.25. The quantitative estimate of drug-likeness (QED) is 0.581. The van der Waals surface area contributed by atoms with Gasteiger partial charge in [-0.2, -0.15) is 0 Å². The number of carbonyl (C=O) groups is 2. The van der Waals surface area contributed by atoms with Gasteiger partial charge in [0.25, 0.3) is 0 Å². The van der Waals surface area contributed by atoms with Gasteiger partial charge in [-0.3, -0.25) is 9.59 Å². The molecule has 0 spiro atoms. The van der Waals surface area contributed by atoms with Crippen LogP contribution in [0.4, 0.5) is 0 Å². The number of nitrogens with one attached hydrogen (secondary N) is 2. The van der Waals surface area contributed by atoms with Gasteiger partial charge in [-0.15, -0.1) is 0 Å². The van der Waals surface area contributed by atoms with Crippen LogP contribution in [0.5, 0.6) is 0 Å². The number of thiocarbonyl (C=S) groups is 1. The first-order valence-corrected chi connectivity index (χ1v) is 6.99. The second kappa shape index (κ2) is 8.09. The van der Waals surface area contributed by atoms with E-state index in [1.807, 2.05) is 20.8 Å². The lowest BCUT2D eigenvalue weighted by molar-refractivity contribution is -0.127. The zero-order valence-corrected chi connectivity index (χ0v) is 13.0. The molecule has 110 valence electrons. The van der Waals surface area contributed by atoms with E-state index in [2.05, 4.69) is 10.6 Å². The predicted octanol–water partition coefficient (Wildman–Crippen LogP) is 0.967. The van der Waals surface area contributed by atoms with Crippen molar-refractivity contribution < 1.29 is 9.59 Å². The minimum absolute atomic E-state index is 0.0671. The smallest absolute Gasteiger partial charge is 0.232 e. The van der Waals surface area contributed by atoms with Gasteiger partial charge in [0.05, 0.1) is 10.4 Å². The van der Waals surface area contributed by atoms with Gasteiger partial charge in [0, 0.05) is 19.5 Å². The molecule has 0 radical (unpaired) electrons. The maximum Gasteiger partial charge on any atom is 0.232 e. The van der Waals surface area contributed by atoms with Crippen LogP contribution in [0.1, 0.15) is 40.5 Å². The van der Waals surface area contributed by atoms with E-state index < -0.39 is 5.41 Å². The third-order valence-corrected chi connectivity index (χ3v) is 3.55. The maximum atomic E-state index is 12.0. The van der Waals surface area contributed by atoms with Crippen molar-refractivity contribution in [2.75, 3.05) is 13.1 Å². The van der Waals surface area contributed by atoms with E-state index in [1.165, 1.54) is 0 Å². The Labute approximate surface area is 120 Å². The fourth-order valence-electron chi connectivity index (χ4n) is 1.34. The Balaban J connectivity index is 4.10. The predicted molar refractivity (Wildman–Crippen MR) is 80.7 cm³/mol. The van der Waals surface area contributed by atoms with E-state index >= 15 is 0 Å². The average Bonchev–Trinajstić information content (AvgIpc) is 2.34. The number of rotatable bonds is 8. The fourth-order valence-corrected chi connectivity index (χ4v) is 1.57. The highest BCUT2D eigenvalue weighted by molar-refractivity contribution is 7.80. The zero-order chi connectivity index (χ0) is 15.1. The summed E-state index contributed by atoms with van der Waals surface area (Å²) in [6.07, 6.45) is 0.795. The summed E-state index contributed by atoms with van der Waals surface area (Å²) in [4.78, 5) is 23.6. The Bertz CT molecular complexity index is 345. The van der Waals surface area contributed by atoms with Gasteiger partial charge in [-0.05, 0) is 19.3 Å². The summed E-state index contributed by atoms with van der Waals surface area (Å²) in [5.74, 6) is 0.123. The van der Waals surface area contributed by atoms with Crippen LogP contribution in [-0.4, -0.2) is 29.9 Å². The summed E-state index contributed by atoms with van der Waals surface area (Å²) < 4.78 is 0. The molecule has 5 nitrogen and oxygen atoms in total. The second-order valence-corrected chi connectivity index (χ2v) is 5.69. The Hall–Kier alpha value is -1.17. The lowest BCUT2D eigenvalue weighted by Crippen LogP contribution is -2.47. The van der Waals surface area contributed by atoms with E-state index in [0.717, 1.165) is 0 Å². The van der Waals surface area contributed by atoms with Crippen LogP contribution in [0, 0.1) is 11.3 Å². The molecular weight excluding hydrogens is 262 g/mol. The minimum Gasteiger partial charge on any atom is -0.392 e. The van der Waals surface area contributed by atoms with Crippen molar-refractivity contribution in [2.45, 2.75) is 40.5 Å². The standard InChI is InChI=1S/C13H25N3O2S/c1-5-13(4,11(14)19)12(18)15-7-6-10(17)16-8-9(2)3/h9H,5-8H2,1-4H3,(H2,14,19)(H,15,18)(H,16,17). The molecule has 0 aliphatic heterocycles. The van der Waals surface area contributed by atoms with Crippen LogP contribution >= 0.6 is 12.2 Å².